The normalized spacial score (nSPS) is 11.8. The van der Waals surface area contributed by atoms with Gasteiger partial charge in [-0.25, -0.2) is 0 Å². The highest BCUT2D eigenvalue weighted by atomic mass is 16.4. The summed E-state index contributed by atoms with van der Waals surface area (Å²) in [5.41, 5.74) is 0. The Hall–Kier alpha value is -0.650. The van der Waals surface area contributed by atoms with Crippen molar-refractivity contribution < 1.29 is 9.90 Å². The quantitative estimate of drug-likeness (QED) is 0.555. The second kappa shape index (κ2) is 12.1. The van der Waals surface area contributed by atoms with Crippen LogP contribution in [0.1, 0.15) is 33.1 Å². The fraction of sp³-hybridized carbons (Fsp3) is 0.933. The largest absolute Gasteiger partial charge is 0.481 e. The Kier molecular flexibility index (Phi) is 11.7. The van der Waals surface area contributed by atoms with Gasteiger partial charge in [-0.15, -0.1) is 0 Å². The molecule has 0 atom stereocenters. The summed E-state index contributed by atoms with van der Waals surface area (Å²) in [6, 6.07) is 0. The second-order valence-electron chi connectivity index (χ2n) is 5.52. The molecule has 0 spiro atoms. The molecular formula is C15H33N3O2. The van der Waals surface area contributed by atoms with E-state index in [2.05, 4.69) is 42.6 Å². The Bertz CT molecular complexity index is 243. The molecule has 0 bridgehead atoms. The van der Waals surface area contributed by atoms with Gasteiger partial charge >= 0.3 is 5.97 Å². The van der Waals surface area contributed by atoms with Gasteiger partial charge in [-0.3, -0.25) is 4.79 Å². The topological polar surface area (TPSA) is 47.0 Å². The lowest BCUT2D eigenvalue weighted by molar-refractivity contribution is -0.137. The number of hydrogen-bond acceptors (Lipinski definition) is 4. The van der Waals surface area contributed by atoms with Crippen molar-refractivity contribution in [3.63, 3.8) is 0 Å². The number of hydrogen-bond donors (Lipinski definition) is 1. The molecule has 0 heterocycles. The van der Waals surface area contributed by atoms with Crippen molar-refractivity contribution in [2.45, 2.75) is 33.1 Å². The average Bonchev–Trinajstić information content (AvgIpc) is 2.39. The van der Waals surface area contributed by atoms with Crippen molar-refractivity contribution in [3.05, 3.63) is 0 Å². The zero-order valence-corrected chi connectivity index (χ0v) is 13.8. The van der Waals surface area contributed by atoms with Crippen LogP contribution in [0.4, 0.5) is 0 Å². The molecule has 0 amide bonds. The van der Waals surface area contributed by atoms with Gasteiger partial charge in [0.15, 0.2) is 0 Å². The molecule has 0 aromatic heterocycles. The van der Waals surface area contributed by atoms with Gasteiger partial charge in [0.1, 0.15) is 0 Å². The van der Waals surface area contributed by atoms with E-state index in [4.69, 9.17) is 5.11 Å². The van der Waals surface area contributed by atoms with Crippen LogP contribution in [0.2, 0.25) is 0 Å². The summed E-state index contributed by atoms with van der Waals surface area (Å²) >= 11 is 0. The lowest BCUT2D eigenvalue weighted by Gasteiger charge is -2.24. The first-order valence-corrected chi connectivity index (χ1v) is 7.80. The minimum absolute atomic E-state index is 0.243. The number of nitrogens with zero attached hydrogens (tertiary/aromatic N) is 3. The zero-order chi connectivity index (χ0) is 15.4. The molecule has 0 aromatic rings. The Morgan fingerprint density at radius 3 is 1.80 bits per heavy atom. The van der Waals surface area contributed by atoms with Crippen LogP contribution in [0, 0.1) is 0 Å². The molecule has 5 heteroatoms. The molecule has 0 radical (unpaired) electrons. The molecule has 0 saturated heterocycles. The van der Waals surface area contributed by atoms with Gasteiger partial charge in [0, 0.05) is 6.54 Å². The summed E-state index contributed by atoms with van der Waals surface area (Å²) in [6.45, 7) is 11.4. The molecule has 0 saturated carbocycles. The van der Waals surface area contributed by atoms with Crippen LogP contribution in [-0.4, -0.2) is 85.7 Å². The monoisotopic (exact) mass is 287 g/mol. The third-order valence-corrected chi connectivity index (χ3v) is 3.56. The van der Waals surface area contributed by atoms with Crippen molar-refractivity contribution in [2.75, 3.05) is 59.9 Å². The molecule has 0 aromatic carbocycles. The Balaban J connectivity index is 3.99. The van der Waals surface area contributed by atoms with E-state index in [9.17, 15) is 4.79 Å². The first-order valence-electron chi connectivity index (χ1n) is 7.80. The molecule has 1 N–H and O–H groups in total. The Morgan fingerprint density at radius 1 is 0.850 bits per heavy atom. The fourth-order valence-corrected chi connectivity index (χ4v) is 2.26. The Morgan fingerprint density at radius 2 is 1.35 bits per heavy atom. The van der Waals surface area contributed by atoms with Gasteiger partial charge in [-0.2, -0.15) is 0 Å². The van der Waals surface area contributed by atoms with E-state index in [1.165, 1.54) is 0 Å². The second-order valence-corrected chi connectivity index (χ2v) is 5.52. The minimum Gasteiger partial charge on any atom is -0.481 e. The fourth-order valence-electron chi connectivity index (χ4n) is 2.26. The van der Waals surface area contributed by atoms with E-state index >= 15 is 0 Å². The summed E-state index contributed by atoms with van der Waals surface area (Å²) in [7, 11) is 4.14. The van der Waals surface area contributed by atoms with Gasteiger partial charge in [0.05, 0.1) is 6.42 Å². The number of carbonyl (C=O) groups is 1. The molecule has 0 aliphatic heterocycles. The maximum absolute atomic E-state index is 10.7. The molecule has 0 fully saturated rings. The third kappa shape index (κ3) is 11.2. The van der Waals surface area contributed by atoms with Crippen LogP contribution in [0.15, 0.2) is 0 Å². The molecule has 120 valence electrons. The standard InChI is InChI=1S/C15H33N3O2/c1-5-17(6-2)11-8-13-18(14-9-15(19)20)12-7-10-16(3)4/h5-14H2,1-4H3,(H,19,20). The lowest BCUT2D eigenvalue weighted by Crippen LogP contribution is -2.33. The van der Waals surface area contributed by atoms with Crippen molar-refractivity contribution in [1.82, 2.24) is 14.7 Å². The smallest absolute Gasteiger partial charge is 0.304 e. The minimum atomic E-state index is -0.702. The lowest BCUT2D eigenvalue weighted by atomic mass is 10.2. The number of carboxylic acid groups (broad SMARTS) is 1. The molecular weight excluding hydrogens is 254 g/mol. The molecule has 0 rings (SSSR count). The predicted octanol–water partition coefficient (Wildman–Crippen LogP) is 1.45. The number of aliphatic carboxylic acids is 1. The highest BCUT2D eigenvalue weighted by Crippen LogP contribution is 2.00. The summed E-state index contributed by atoms with van der Waals surface area (Å²) in [5, 5.41) is 8.82. The van der Waals surface area contributed by atoms with Crippen LogP contribution >= 0.6 is 0 Å². The third-order valence-electron chi connectivity index (χ3n) is 3.56. The summed E-state index contributed by atoms with van der Waals surface area (Å²) in [6.07, 6.45) is 2.45. The van der Waals surface area contributed by atoms with Gasteiger partial charge in [-0.1, -0.05) is 13.8 Å². The molecule has 0 aliphatic carbocycles. The molecule has 0 unspecified atom stereocenters. The van der Waals surface area contributed by atoms with Gasteiger partial charge in [0.2, 0.25) is 0 Å². The van der Waals surface area contributed by atoms with Crippen LogP contribution in [0.25, 0.3) is 0 Å². The summed E-state index contributed by atoms with van der Waals surface area (Å²) in [5.74, 6) is -0.702. The number of rotatable bonds is 13. The highest BCUT2D eigenvalue weighted by molar-refractivity contribution is 5.66. The maximum atomic E-state index is 10.7. The van der Waals surface area contributed by atoms with Crippen LogP contribution in [0.5, 0.6) is 0 Å². The highest BCUT2D eigenvalue weighted by Gasteiger charge is 2.08. The van der Waals surface area contributed by atoms with Gasteiger partial charge < -0.3 is 19.8 Å². The van der Waals surface area contributed by atoms with E-state index in [1.54, 1.807) is 0 Å². The Labute approximate surface area is 124 Å². The van der Waals surface area contributed by atoms with E-state index in [0.29, 0.717) is 6.54 Å². The first-order chi connectivity index (χ1) is 9.49. The summed E-state index contributed by atoms with van der Waals surface area (Å²) in [4.78, 5) is 17.6. The van der Waals surface area contributed by atoms with Crippen LogP contribution < -0.4 is 0 Å². The van der Waals surface area contributed by atoms with Crippen molar-refractivity contribution in [1.29, 1.82) is 0 Å². The zero-order valence-electron chi connectivity index (χ0n) is 13.8. The molecule has 20 heavy (non-hydrogen) atoms. The van der Waals surface area contributed by atoms with Crippen molar-refractivity contribution >= 4 is 5.97 Å². The number of carboxylic acids is 1. The van der Waals surface area contributed by atoms with Crippen LogP contribution in [0.3, 0.4) is 0 Å². The van der Waals surface area contributed by atoms with Crippen LogP contribution in [-0.2, 0) is 4.79 Å². The first kappa shape index (κ1) is 19.4. The van der Waals surface area contributed by atoms with E-state index < -0.39 is 5.97 Å². The van der Waals surface area contributed by atoms with Crippen molar-refractivity contribution in [2.24, 2.45) is 0 Å². The maximum Gasteiger partial charge on any atom is 0.304 e. The van der Waals surface area contributed by atoms with E-state index in [0.717, 1.165) is 52.1 Å². The summed E-state index contributed by atoms with van der Waals surface area (Å²) < 4.78 is 0. The molecule has 5 nitrogen and oxygen atoms in total. The van der Waals surface area contributed by atoms with Gasteiger partial charge in [-0.05, 0) is 66.2 Å². The van der Waals surface area contributed by atoms with Crippen molar-refractivity contribution in [3.8, 4) is 0 Å². The molecule has 0 aliphatic rings. The van der Waals surface area contributed by atoms with E-state index in [-0.39, 0.29) is 6.42 Å². The van der Waals surface area contributed by atoms with Gasteiger partial charge in [0.25, 0.3) is 0 Å². The predicted molar refractivity (Wildman–Crippen MR) is 84.3 cm³/mol. The average molecular weight is 287 g/mol. The van der Waals surface area contributed by atoms with E-state index in [1.807, 2.05) is 0 Å². The SMILES string of the molecule is CCN(CC)CCCN(CCCN(C)C)CCC(=O)O.